The van der Waals surface area contributed by atoms with Crippen LogP contribution >= 0.6 is 0 Å². The van der Waals surface area contributed by atoms with Crippen LogP contribution in [-0.2, 0) is 10.7 Å². The zero-order chi connectivity index (χ0) is 15.3. The molecule has 6 nitrogen and oxygen atoms in total. The van der Waals surface area contributed by atoms with Gasteiger partial charge in [-0.2, -0.15) is 22.0 Å². The van der Waals surface area contributed by atoms with Crippen molar-refractivity contribution in [3.63, 3.8) is 0 Å². The zero-order valence-corrected chi connectivity index (χ0v) is 9.48. The molecule has 11 heteroatoms. The maximum atomic E-state index is 13.8. The summed E-state index contributed by atoms with van der Waals surface area (Å²) < 4.78 is 65.2. The van der Waals surface area contributed by atoms with Gasteiger partial charge in [0.05, 0.1) is 11.6 Å². The van der Waals surface area contributed by atoms with E-state index in [0.29, 0.717) is 0 Å². The van der Waals surface area contributed by atoms with Crippen molar-refractivity contribution in [2.45, 2.75) is 18.0 Å². The van der Waals surface area contributed by atoms with Crippen LogP contribution < -0.4 is 0 Å². The third-order valence-electron chi connectivity index (χ3n) is 2.77. The Balaban J connectivity index is 2.47. The summed E-state index contributed by atoms with van der Waals surface area (Å²) in [5.41, 5.74) is -4.56. The van der Waals surface area contributed by atoms with Gasteiger partial charge < -0.3 is 10.2 Å². The minimum Gasteiger partial charge on any atom is -0.480 e. The number of aromatic nitrogens is 2. The lowest BCUT2D eigenvalue weighted by Crippen LogP contribution is -2.35. The van der Waals surface area contributed by atoms with E-state index in [1.54, 1.807) is 0 Å². The van der Waals surface area contributed by atoms with E-state index in [0.717, 1.165) is 0 Å². The largest absolute Gasteiger partial charge is 0.480 e. The van der Waals surface area contributed by atoms with Crippen LogP contribution in [0.4, 0.5) is 22.0 Å². The SMILES string of the molecule is N=C(C1C(=NCC(=O)O)C(F)(F)c2[nH][nH]c21)C(F)(F)F. The van der Waals surface area contributed by atoms with Crippen molar-refractivity contribution in [2.24, 2.45) is 4.99 Å². The molecule has 0 saturated carbocycles. The predicted molar refractivity (Wildman–Crippen MR) is 55.5 cm³/mol. The molecule has 0 aliphatic heterocycles. The number of hydrogen-bond acceptors (Lipinski definition) is 3. The van der Waals surface area contributed by atoms with Gasteiger partial charge in [0.1, 0.15) is 23.7 Å². The Hall–Kier alpha value is -2.20. The minimum absolute atomic E-state index is 0.513. The summed E-state index contributed by atoms with van der Waals surface area (Å²) in [5.74, 6) is -7.56. The number of rotatable bonds is 3. The number of carbonyl (C=O) groups is 1. The highest BCUT2D eigenvalue weighted by atomic mass is 19.4. The predicted octanol–water partition coefficient (Wildman–Crippen LogP) is 1.64. The van der Waals surface area contributed by atoms with Crippen LogP contribution in [0.25, 0.3) is 0 Å². The lowest BCUT2D eigenvalue weighted by molar-refractivity contribution is -0.135. The van der Waals surface area contributed by atoms with Gasteiger partial charge >= 0.3 is 18.1 Å². The van der Waals surface area contributed by atoms with E-state index >= 15 is 0 Å². The van der Waals surface area contributed by atoms with E-state index in [1.807, 2.05) is 5.10 Å². The first-order valence-corrected chi connectivity index (χ1v) is 5.13. The van der Waals surface area contributed by atoms with Crippen molar-refractivity contribution < 1.29 is 31.9 Å². The van der Waals surface area contributed by atoms with Crippen molar-refractivity contribution in [1.82, 2.24) is 10.2 Å². The Morgan fingerprint density at radius 1 is 1.40 bits per heavy atom. The molecule has 1 atom stereocenters. The number of carboxylic acid groups (broad SMARTS) is 1. The van der Waals surface area contributed by atoms with Crippen LogP contribution in [0.1, 0.15) is 17.3 Å². The van der Waals surface area contributed by atoms with Gasteiger partial charge in [-0.15, -0.1) is 0 Å². The molecule has 1 heterocycles. The first-order chi connectivity index (χ1) is 9.06. The number of nitrogens with one attached hydrogen (secondary N) is 3. The molecular formula is C9H7F5N4O2. The third-order valence-corrected chi connectivity index (χ3v) is 2.77. The Kier molecular flexibility index (Phi) is 2.95. The molecule has 0 spiro atoms. The van der Waals surface area contributed by atoms with E-state index in [4.69, 9.17) is 10.5 Å². The molecule has 20 heavy (non-hydrogen) atoms. The fraction of sp³-hybridized carbons (Fsp3) is 0.444. The first-order valence-electron chi connectivity index (χ1n) is 5.13. The lowest BCUT2D eigenvalue weighted by Gasteiger charge is -2.17. The maximum absolute atomic E-state index is 13.8. The topological polar surface area (TPSA) is 105 Å². The number of halogens is 5. The zero-order valence-electron chi connectivity index (χ0n) is 9.48. The molecule has 1 aliphatic rings. The van der Waals surface area contributed by atoms with Gasteiger partial charge in [-0.1, -0.05) is 0 Å². The quantitative estimate of drug-likeness (QED) is 0.503. The number of alkyl halides is 5. The van der Waals surface area contributed by atoms with Crippen LogP contribution in [0.15, 0.2) is 4.99 Å². The minimum atomic E-state index is -5.12. The third kappa shape index (κ3) is 1.98. The van der Waals surface area contributed by atoms with E-state index in [2.05, 4.69) is 10.1 Å². The van der Waals surface area contributed by atoms with Crippen LogP contribution in [-0.4, -0.2) is 45.4 Å². The Morgan fingerprint density at radius 2 is 2.00 bits per heavy atom. The Labute approximate surface area is 107 Å². The molecule has 0 aromatic carbocycles. The van der Waals surface area contributed by atoms with Crippen molar-refractivity contribution in [1.29, 1.82) is 5.41 Å². The smallest absolute Gasteiger partial charge is 0.429 e. The summed E-state index contributed by atoms with van der Waals surface area (Å²) in [4.78, 5) is 13.4. The second kappa shape index (κ2) is 4.15. The van der Waals surface area contributed by atoms with E-state index in [-0.39, 0.29) is 0 Å². The van der Waals surface area contributed by atoms with Crippen LogP contribution in [0.5, 0.6) is 0 Å². The van der Waals surface area contributed by atoms with Gasteiger partial charge in [0.15, 0.2) is 0 Å². The highest BCUT2D eigenvalue weighted by Gasteiger charge is 2.59. The molecule has 110 valence electrons. The monoisotopic (exact) mass is 298 g/mol. The normalized spacial score (nSPS) is 23.1. The van der Waals surface area contributed by atoms with Crippen molar-refractivity contribution >= 4 is 17.4 Å². The van der Waals surface area contributed by atoms with Crippen LogP contribution in [0.3, 0.4) is 0 Å². The highest BCUT2D eigenvalue weighted by Crippen LogP contribution is 2.47. The molecule has 1 aromatic rings. The van der Waals surface area contributed by atoms with Gasteiger partial charge in [-0.05, 0) is 0 Å². The van der Waals surface area contributed by atoms with Gasteiger partial charge in [-0.3, -0.25) is 20.3 Å². The highest BCUT2D eigenvalue weighted by molar-refractivity contribution is 6.18. The number of aromatic amines is 2. The van der Waals surface area contributed by atoms with E-state index < -0.39 is 53.3 Å². The first kappa shape index (κ1) is 14.2. The summed E-state index contributed by atoms with van der Waals surface area (Å²) in [6.07, 6.45) is -5.12. The number of hydrogen-bond donors (Lipinski definition) is 4. The van der Waals surface area contributed by atoms with Gasteiger partial charge in [-0.25, -0.2) is 0 Å². The summed E-state index contributed by atoms with van der Waals surface area (Å²) >= 11 is 0. The second-order valence-corrected chi connectivity index (χ2v) is 4.05. The van der Waals surface area contributed by atoms with E-state index in [1.165, 1.54) is 0 Å². The molecular weight excluding hydrogens is 291 g/mol. The summed E-state index contributed by atoms with van der Waals surface area (Å²) in [7, 11) is 0. The summed E-state index contributed by atoms with van der Waals surface area (Å²) in [6, 6.07) is 0. The average Bonchev–Trinajstić information content (AvgIpc) is 2.35. The Bertz CT molecular complexity index is 597. The fourth-order valence-electron chi connectivity index (χ4n) is 1.90. The molecule has 1 aliphatic carbocycles. The average molecular weight is 298 g/mol. The van der Waals surface area contributed by atoms with Gasteiger partial charge in [0.2, 0.25) is 0 Å². The van der Waals surface area contributed by atoms with Crippen molar-refractivity contribution in [3.8, 4) is 0 Å². The summed E-state index contributed by atoms with van der Waals surface area (Å²) in [6.45, 7) is -1.10. The molecule has 0 bridgehead atoms. The molecule has 4 N–H and O–H groups in total. The fourth-order valence-corrected chi connectivity index (χ4v) is 1.90. The number of aliphatic imine (C=N–C) groups is 1. The summed E-state index contributed by atoms with van der Waals surface area (Å²) in [5, 5.41) is 19.4. The molecule has 0 amide bonds. The van der Waals surface area contributed by atoms with Crippen LogP contribution in [0, 0.1) is 5.41 Å². The standard InChI is InChI=1S/C9H7F5N4O2/c10-8(11)6(16-1-2(19)20)3(4-7(8)18-17-4)5(15)9(12,13)14/h3,15,17-18H,1H2,(H,19,20). The Morgan fingerprint density at radius 3 is 2.40 bits per heavy atom. The molecule has 2 rings (SSSR count). The van der Waals surface area contributed by atoms with Gasteiger partial charge in [0.25, 0.3) is 0 Å². The molecule has 1 unspecified atom stereocenters. The number of carboxylic acids is 1. The van der Waals surface area contributed by atoms with Crippen LogP contribution in [0.2, 0.25) is 0 Å². The number of H-pyrrole nitrogens is 2. The number of fused-ring (bicyclic) bond motifs is 1. The number of aliphatic carboxylic acids is 1. The van der Waals surface area contributed by atoms with Crippen molar-refractivity contribution in [3.05, 3.63) is 11.4 Å². The van der Waals surface area contributed by atoms with Gasteiger partial charge in [0, 0.05) is 0 Å². The van der Waals surface area contributed by atoms with Crippen molar-refractivity contribution in [2.75, 3.05) is 6.54 Å². The number of nitrogens with zero attached hydrogens (tertiary/aromatic N) is 1. The van der Waals surface area contributed by atoms with E-state index in [9.17, 15) is 26.7 Å². The molecule has 1 aromatic heterocycles. The maximum Gasteiger partial charge on any atom is 0.429 e. The molecule has 0 fully saturated rings. The second-order valence-electron chi connectivity index (χ2n) is 4.05. The lowest BCUT2D eigenvalue weighted by atomic mass is 9.97. The molecule has 0 radical (unpaired) electrons. The molecule has 0 saturated heterocycles.